The van der Waals surface area contributed by atoms with Crippen LogP contribution in [0.25, 0.3) is 0 Å². The molecule has 1 unspecified atom stereocenters. The molecule has 1 atom stereocenters. The number of hydrogen-bond acceptors (Lipinski definition) is 5. The molecule has 2 amide bonds. The first-order chi connectivity index (χ1) is 15.2. The number of piperidine rings is 1. The molecule has 0 aromatic carbocycles. The van der Waals surface area contributed by atoms with Gasteiger partial charge in [0.1, 0.15) is 0 Å². The number of nitrogens with zero attached hydrogens (tertiary/aromatic N) is 3. The third-order valence-corrected chi connectivity index (χ3v) is 7.24. The molecule has 1 saturated carbocycles. The molecule has 2 fully saturated rings. The topological polar surface area (TPSA) is 75.9 Å². The average Bonchev–Trinajstić information content (AvgIpc) is 3.24. The highest BCUT2D eigenvalue weighted by molar-refractivity contribution is 5.91. The van der Waals surface area contributed by atoms with Crippen molar-refractivity contribution in [3.63, 3.8) is 0 Å². The van der Waals surface area contributed by atoms with E-state index >= 15 is 0 Å². The second kappa shape index (κ2) is 10.4. The van der Waals surface area contributed by atoms with E-state index in [0.717, 1.165) is 37.8 Å². The van der Waals surface area contributed by atoms with Crippen LogP contribution in [0.4, 0.5) is 0 Å². The molecule has 31 heavy (non-hydrogen) atoms. The highest BCUT2D eigenvalue weighted by Crippen LogP contribution is 2.33. The Hall–Kier alpha value is -2.15. The Labute approximate surface area is 184 Å². The van der Waals surface area contributed by atoms with Gasteiger partial charge in [-0.15, -0.1) is 0 Å². The average molecular weight is 430 g/mol. The Bertz CT molecular complexity index is 776. The fourth-order valence-corrected chi connectivity index (χ4v) is 5.31. The molecule has 7 heteroatoms. The van der Waals surface area contributed by atoms with E-state index in [4.69, 9.17) is 9.26 Å². The van der Waals surface area contributed by atoms with Crippen LogP contribution in [0, 0.1) is 11.8 Å². The van der Waals surface area contributed by atoms with Gasteiger partial charge in [-0.25, -0.2) is 0 Å². The van der Waals surface area contributed by atoms with Gasteiger partial charge in [0.2, 0.25) is 11.7 Å². The number of aromatic nitrogens is 1. The van der Waals surface area contributed by atoms with E-state index in [-0.39, 0.29) is 17.7 Å². The molecule has 170 valence electrons. The van der Waals surface area contributed by atoms with E-state index in [1.165, 1.54) is 19.3 Å². The van der Waals surface area contributed by atoms with E-state index in [2.05, 4.69) is 17.3 Å². The minimum atomic E-state index is -0.0678. The van der Waals surface area contributed by atoms with Crippen molar-refractivity contribution in [2.75, 3.05) is 39.9 Å². The quantitative estimate of drug-likeness (QED) is 0.646. The van der Waals surface area contributed by atoms with Gasteiger partial charge >= 0.3 is 0 Å². The number of ether oxygens (including phenoxy) is 1. The number of likely N-dealkylation sites (tertiary alicyclic amines) is 1. The van der Waals surface area contributed by atoms with Crippen molar-refractivity contribution < 1.29 is 18.8 Å². The number of carbonyl (C=O) groups is 2. The fourth-order valence-electron chi connectivity index (χ4n) is 5.31. The van der Waals surface area contributed by atoms with Crippen LogP contribution in [0.15, 0.2) is 22.7 Å². The zero-order valence-electron chi connectivity index (χ0n) is 18.6. The highest BCUT2D eigenvalue weighted by Gasteiger charge is 2.35. The van der Waals surface area contributed by atoms with Crippen molar-refractivity contribution in [1.29, 1.82) is 0 Å². The second-order valence-electron chi connectivity index (χ2n) is 9.17. The van der Waals surface area contributed by atoms with Crippen LogP contribution >= 0.6 is 0 Å². The van der Waals surface area contributed by atoms with Crippen LogP contribution in [-0.4, -0.2) is 66.7 Å². The monoisotopic (exact) mass is 429 g/mol. The Morgan fingerprint density at radius 2 is 1.94 bits per heavy atom. The van der Waals surface area contributed by atoms with Crippen LogP contribution < -0.4 is 0 Å². The zero-order valence-corrected chi connectivity index (χ0v) is 18.6. The molecule has 1 aliphatic carbocycles. The summed E-state index contributed by atoms with van der Waals surface area (Å²) in [5.74, 6) is 1.24. The predicted molar refractivity (Wildman–Crippen MR) is 117 cm³/mol. The third-order valence-electron chi connectivity index (χ3n) is 7.24. The number of amides is 2. The van der Waals surface area contributed by atoms with Crippen molar-refractivity contribution >= 4 is 11.8 Å². The summed E-state index contributed by atoms with van der Waals surface area (Å²) in [5, 5.41) is 4.21. The largest absolute Gasteiger partial charge is 0.383 e. The molecule has 1 aromatic heterocycles. The van der Waals surface area contributed by atoms with Crippen LogP contribution in [0.2, 0.25) is 0 Å². The molecule has 0 radical (unpaired) electrons. The molecule has 3 heterocycles. The predicted octanol–water partition coefficient (Wildman–Crippen LogP) is 3.63. The van der Waals surface area contributed by atoms with Gasteiger partial charge in [0.25, 0.3) is 5.91 Å². The molecule has 3 aliphatic rings. The standard InChI is InChI=1S/C24H35N3O4/c1-30-16-15-26-12-6-5-9-20(23(26)28)18-10-13-27(14-11-18)24(29)22-17-21(25-31-22)19-7-3-2-4-8-19/h5-6,17-20H,2-4,7-16H2,1H3. The zero-order chi connectivity index (χ0) is 21.6. The number of hydrogen-bond donors (Lipinski definition) is 0. The van der Waals surface area contributed by atoms with Gasteiger partial charge < -0.3 is 19.1 Å². The minimum absolute atomic E-state index is 0.00367. The van der Waals surface area contributed by atoms with Crippen molar-refractivity contribution in [3.8, 4) is 0 Å². The fraction of sp³-hybridized carbons (Fsp3) is 0.708. The lowest BCUT2D eigenvalue weighted by Gasteiger charge is -2.36. The molecule has 0 spiro atoms. The first-order valence-electron chi connectivity index (χ1n) is 11.9. The van der Waals surface area contributed by atoms with E-state index in [0.29, 0.717) is 50.4 Å². The van der Waals surface area contributed by atoms with Gasteiger partial charge in [0.15, 0.2) is 0 Å². The summed E-state index contributed by atoms with van der Waals surface area (Å²) < 4.78 is 10.6. The third kappa shape index (κ3) is 5.20. The normalized spacial score (nSPS) is 23.9. The first-order valence-corrected chi connectivity index (χ1v) is 11.9. The Morgan fingerprint density at radius 1 is 1.16 bits per heavy atom. The van der Waals surface area contributed by atoms with Crippen molar-refractivity contribution in [2.24, 2.45) is 11.8 Å². The molecular weight excluding hydrogens is 394 g/mol. The summed E-state index contributed by atoms with van der Waals surface area (Å²) >= 11 is 0. The van der Waals surface area contributed by atoms with Gasteiger partial charge in [-0.2, -0.15) is 0 Å². The van der Waals surface area contributed by atoms with Gasteiger partial charge in [-0.3, -0.25) is 9.59 Å². The molecule has 1 saturated heterocycles. The van der Waals surface area contributed by atoms with Gasteiger partial charge in [-0.1, -0.05) is 36.6 Å². The molecule has 0 bridgehead atoms. The Morgan fingerprint density at radius 3 is 2.68 bits per heavy atom. The number of methoxy groups -OCH3 is 1. The molecule has 4 rings (SSSR count). The smallest absolute Gasteiger partial charge is 0.292 e. The highest BCUT2D eigenvalue weighted by atomic mass is 16.5. The minimum Gasteiger partial charge on any atom is -0.383 e. The van der Waals surface area contributed by atoms with Crippen molar-refractivity contribution in [3.05, 3.63) is 29.7 Å². The van der Waals surface area contributed by atoms with E-state index in [1.54, 1.807) is 7.11 Å². The SMILES string of the molecule is COCCN1CC=CCC(C2CCN(C(=O)c3cc(C4CCCCC4)no3)CC2)C1=O. The molecule has 7 nitrogen and oxygen atoms in total. The molecular formula is C24H35N3O4. The Kier molecular flexibility index (Phi) is 7.43. The maximum absolute atomic E-state index is 13.1. The van der Waals surface area contributed by atoms with E-state index in [1.807, 2.05) is 15.9 Å². The lowest BCUT2D eigenvalue weighted by Crippen LogP contribution is -2.44. The van der Waals surface area contributed by atoms with Crippen LogP contribution in [0.1, 0.15) is 73.5 Å². The van der Waals surface area contributed by atoms with E-state index in [9.17, 15) is 9.59 Å². The molecule has 2 aliphatic heterocycles. The molecule has 0 N–H and O–H groups in total. The number of rotatable bonds is 6. The van der Waals surface area contributed by atoms with Crippen molar-refractivity contribution in [1.82, 2.24) is 15.0 Å². The summed E-state index contributed by atoms with van der Waals surface area (Å²) in [5.41, 5.74) is 0.935. The summed E-state index contributed by atoms with van der Waals surface area (Å²) in [6.07, 6.45) is 12.7. The van der Waals surface area contributed by atoms with Gasteiger partial charge in [0, 0.05) is 51.2 Å². The van der Waals surface area contributed by atoms with Crippen LogP contribution in [0.3, 0.4) is 0 Å². The lowest BCUT2D eigenvalue weighted by molar-refractivity contribution is -0.137. The molecule has 1 aromatic rings. The van der Waals surface area contributed by atoms with Gasteiger partial charge in [-0.05, 0) is 38.0 Å². The summed E-state index contributed by atoms with van der Waals surface area (Å²) in [7, 11) is 1.66. The summed E-state index contributed by atoms with van der Waals surface area (Å²) in [4.78, 5) is 29.8. The van der Waals surface area contributed by atoms with Crippen molar-refractivity contribution in [2.45, 2.75) is 57.3 Å². The summed E-state index contributed by atoms with van der Waals surface area (Å²) in [6.45, 7) is 3.16. The van der Waals surface area contributed by atoms with Crippen LogP contribution in [0.5, 0.6) is 0 Å². The maximum Gasteiger partial charge on any atom is 0.292 e. The van der Waals surface area contributed by atoms with Gasteiger partial charge in [0.05, 0.1) is 12.3 Å². The van der Waals surface area contributed by atoms with E-state index < -0.39 is 0 Å². The first kappa shape index (κ1) is 22.1. The number of allylic oxidation sites excluding steroid dienone is 1. The Balaban J connectivity index is 1.32. The lowest BCUT2D eigenvalue weighted by atomic mass is 9.81. The second-order valence-corrected chi connectivity index (χ2v) is 9.17. The number of carbonyl (C=O) groups excluding carboxylic acids is 2. The summed E-state index contributed by atoms with van der Waals surface area (Å²) in [6, 6.07) is 1.86. The maximum atomic E-state index is 13.1. The van der Waals surface area contributed by atoms with Crippen LogP contribution in [-0.2, 0) is 9.53 Å².